The Kier molecular flexibility index (Phi) is 4.14. The lowest BCUT2D eigenvalue weighted by Crippen LogP contribution is -2.34. The molecule has 1 aliphatic rings. The van der Waals surface area contributed by atoms with E-state index in [2.05, 4.69) is 15.4 Å². The summed E-state index contributed by atoms with van der Waals surface area (Å²) in [5.74, 6) is 0.0125. The van der Waals surface area contributed by atoms with Gasteiger partial charge in [0, 0.05) is 18.8 Å². The minimum absolute atomic E-state index is 0.0125. The zero-order valence-electron chi connectivity index (χ0n) is 13.6. The standard InChI is InChI=1S/C17H24N4O/c1-11-10-14(15-12(2)20-21(3)16(15)18-11)17(22)19-13-8-6-4-5-7-9-13/h10,13H,4-9H2,1-3H3,(H,19,22). The molecular formula is C17H24N4O. The van der Waals surface area contributed by atoms with Gasteiger partial charge in [0.15, 0.2) is 5.65 Å². The molecule has 5 heteroatoms. The average Bonchev–Trinajstić information content (AvgIpc) is 2.68. The molecule has 118 valence electrons. The number of carbonyl (C=O) groups is 1. The Labute approximate surface area is 131 Å². The molecule has 1 amide bonds. The van der Waals surface area contributed by atoms with E-state index in [-0.39, 0.29) is 5.91 Å². The first-order valence-electron chi connectivity index (χ1n) is 8.18. The van der Waals surface area contributed by atoms with Crippen LogP contribution in [-0.2, 0) is 7.05 Å². The van der Waals surface area contributed by atoms with Crippen LogP contribution in [-0.4, -0.2) is 26.7 Å². The predicted molar refractivity (Wildman–Crippen MR) is 86.9 cm³/mol. The van der Waals surface area contributed by atoms with Crippen LogP contribution >= 0.6 is 0 Å². The van der Waals surface area contributed by atoms with Crippen LogP contribution in [0.5, 0.6) is 0 Å². The summed E-state index contributed by atoms with van der Waals surface area (Å²) in [6.07, 6.45) is 7.17. The monoisotopic (exact) mass is 300 g/mol. The van der Waals surface area contributed by atoms with Gasteiger partial charge in [0.05, 0.1) is 16.6 Å². The van der Waals surface area contributed by atoms with Gasteiger partial charge in [-0.05, 0) is 32.8 Å². The molecule has 0 unspecified atom stereocenters. The van der Waals surface area contributed by atoms with Crippen LogP contribution in [0.2, 0.25) is 0 Å². The quantitative estimate of drug-likeness (QED) is 0.867. The van der Waals surface area contributed by atoms with E-state index in [0.717, 1.165) is 35.3 Å². The molecule has 0 aromatic carbocycles. The number of aromatic nitrogens is 3. The van der Waals surface area contributed by atoms with E-state index in [9.17, 15) is 4.79 Å². The molecule has 0 bridgehead atoms. The first-order valence-corrected chi connectivity index (χ1v) is 8.18. The second kappa shape index (κ2) is 6.07. The number of fused-ring (bicyclic) bond motifs is 1. The highest BCUT2D eigenvalue weighted by molar-refractivity contribution is 6.06. The summed E-state index contributed by atoms with van der Waals surface area (Å²) >= 11 is 0. The number of nitrogens with one attached hydrogen (secondary N) is 1. The van der Waals surface area contributed by atoms with Crippen LogP contribution in [0.15, 0.2) is 6.07 Å². The van der Waals surface area contributed by atoms with Crippen molar-refractivity contribution in [3.63, 3.8) is 0 Å². The summed E-state index contributed by atoms with van der Waals surface area (Å²) in [6.45, 7) is 3.85. The van der Waals surface area contributed by atoms with Crippen LogP contribution in [0.4, 0.5) is 0 Å². The second-order valence-corrected chi connectivity index (χ2v) is 6.38. The highest BCUT2D eigenvalue weighted by Gasteiger charge is 2.20. The summed E-state index contributed by atoms with van der Waals surface area (Å²) in [5.41, 5.74) is 3.19. The lowest BCUT2D eigenvalue weighted by atomic mass is 10.1. The van der Waals surface area contributed by atoms with Gasteiger partial charge >= 0.3 is 0 Å². The maximum atomic E-state index is 12.8. The molecule has 0 saturated heterocycles. The van der Waals surface area contributed by atoms with Crippen LogP contribution in [0.1, 0.15) is 60.3 Å². The van der Waals surface area contributed by atoms with E-state index < -0.39 is 0 Å². The van der Waals surface area contributed by atoms with Gasteiger partial charge in [0.25, 0.3) is 5.91 Å². The third-order valence-electron chi connectivity index (χ3n) is 4.53. The summed E-state index contributed by atoms with van der Waals surface area (Å²) in [7, 11) is 1.87. The van der Waals surface area contributed by atoms with Gasteiger partial charge in [-0.15, -0.1) is 0 Å². The molecule has 1 fully saturated rings. The average molecular weight is 300 g/mol. The summed E-state index contributed by atoms with van der Waals surface area (Å²) in [4.78, 5) is 17.3. The first kappa shape index (κ1) is 15.0. The van der Waals surface area contributed by atoms with E-state index in [1.165, 1.54) is 25.7 Å². The Hall–Kier alpha value is -1.91. The largest absolute Gasteiger partial charge is 0.349 e. The number of hydrogen-bond acceptors (Lipinski definition) is 3. The number of carbonyl (C=O) groups excluding carboxylic acids is 1. The third kappa shape index (κ3) is 2.85. The molecular weight excluding hydrogens is 276 g/mol. The number of nitrogens with zero attached hydrogens (tertiary/aromatic N) is 3. The van der Waals surface area contributed by atoms with E-state index in [0.29, 0.717) is 11.6 Å². The number of pyridine rings is 1. The molecule has 1 aliphatic carbocycles. The lowest BCUT2D eigenvalue weighted by Gasteiger charge is -2.16. The molecule has 2 heterocycles. The van der Waals surface area contributed by atoms with Crippen molar-refractivity contribution in [2.24, 2.45) is 7.05 Å². The van der Waals surface area contributed by atoms with Crippen molar-refractivity contribution in [3.05, 3.63) is 23.0 Å². The fourth-order valence-corrected chi connectivity index (χ4v) is 3.44. The van der Waals surface area contributed by atoms with Gasteiger partial charge in [-0.1, -0.05) is 25.7 Å². The molecule has 2 aromatic rings. The predicted octanol–water partition coefficient (Wildman–Crippen LogP) is 3.04. The minimum atomic E-state index is 0.0125. The van der Waals surface area contributed by atoms with Crippen molar-refractivity contribution in [1.29, 1.82) is 0 Å². The van der Waals surface area contributed by atoms with Gasteiger partial charge in [-0.3, -0.25) is 9.48 Å². The molecule has 1 saturated carbocycles. The smallest absolute Gasteiger partial charge is 0.252 e. The fraction of sp³-hybridized carbons (Fsp3) is 0.588. The van der Waals surface area contributed by atoms with E-state index in [1.807, 2.05) is 27.0 Å². The molecule has 0 aliphatic heterocycles. The van der Waals surface area contributed by atoms with Gasteiger partial charge in [-0.2, -0.15) is 5.10 Å². The van der Waals surface area contributed by atoms with Gasteiger partial charge in [0.1, 0.15) is 0 Å². The zero-order valence-corrected chi connectivity index (χ0v) is 13.6. The number of amides is 1. The molecule has 0 spiro atoms. The van der Waals surface area contributed by atoms with Crippen molar-refractivity contribution in [2.45, 2.75) is 58.4 Å². The Morgan fingerprint density at radius 2 is 1.91 bits per heavy atom. The van der Waals surface area contributed by atoms with Crippen LogP contribution in [0.3, 0.4) is 0 Å². The molecule has 2 aromatic heterocycles. The Balaban J connectivity index is 1.93. The van der Waals surface area contributed by atoms with Gasteiger partial charge < -0.3 is 5.32 Å². The molecule has 3 rings (SSSR count). The first-order chi connectivity index (χ1) is 10.6. The highest BCUT2D eigenvalue weighted by atomic mass is 16.1. The van der Waals surface area contributed by atoms with Crippen LogP contribution in [0, 0.1) is 13.8 Å². The van der Waals surface area contributed by atoms with E-state index >= 15 is 0 Å². The zero-order chi connectivity index (χ0) is 15.7. The van der Waals surface area contributed by atoms with Crippen LogP contribution in [0.25, 0.3) is 11.0 Å². The third-order valence-corrected chi connectivity index (χ3v) is 4.53. The van der Waals surface area contributed by atoms with Crippen molar-refractivity contribution in [2.75, 3.05) is 0 Å². The molecule has 22 heavy (non-hydrogen) atoms. The SMILES string of the molecule is Cc1cc(C(=O)NC2CCCCCC2)c2c(C)nn(C)c2n1. The van der Waals surface area contributed by atoms with Gasteiger partial charge in [0.2, 0.25) is 0 Å². The number of rotatable bonds is 2. The van der Waals surface area contributed by atoms with Crippen molar-refractivity contribution < 1.29 is 4.79 Å². The minimum Gasteiger partial charge on any atom is -0.349 e. The van der Waals surface area contributed by atoms with Crippen molar-refractivity contribution >= 4 is 16.9 Å². The maximum Gasteiger partial charge on any atom is 0.252 e. The second-order valence-electron chi connectivity index (χ2n) is 6.38. The van der Waals surface area contributed by atoms with Crippen molar-refractivity contribution in [3.8, 4) is 0 Å². The molecule has 1 N–H and O–H groups in total. The maximum absolute atomic E-state index is 12.8. The van der Waals surface area contributed by atoms with E-state index in [4.69, 9.17) is 0 Å². The topological polar surface area (TPSA) is 59.8 Å². The lowest BCUT2D eigenvalue weighted by molar-refractivity contribution is 0.0935. The van der Waals surface area contributed by atoms with Gasteiger partial charge in [-0.25, -0.2) is 4.98 Å². The van der Waals surface area contributed by atoms with Crippen LogP contribution < -0.4 is 5.32 Å². The molecule has 0 atom stereocenters. The molecule has 0 radical (unpaired) electrons. The summed E-state index contributed by atoms with van der Waals surface area (Å²) < 4.78 is 1.75. The highest BCUT2D eigenvalue weighted by Crippen LogP contribution is 2.23. The Morgan fingerprint density at radius 1 is 1.23 bits per heavy atom. The Bertz CT molecular complexity index is 696. The molecule has 5 nitrogen and oxygen atoms in total. The summed E-state index contributed by atoms with van der Waals surface area (Å²) in [5, 5.41) is 8.51. The van der Waals surface area contributed by atoms with Crippen molar-refractivity contribution in [1.82, 2.24) is 20.1 Å². The van der Waals surface area contributed by atoms with E-state index in [1.54, 1.807) is 4.68 Å². The fourth-order valence-electron chi connectivity index (χ4n) is 3.44. The summed E-state index contributed by atoms with van der Waals surface area (Å²) in [6, 6.07) is 2.18. The normalized spacial score (nSPS) is 16.7. The Morgan fingerprint density at radius 3 is 2.59 bits per heavy atom. The number of aryl methyl sites for hydroxylation is 3. The number of hydrogen-bond donors (Lipinski definition) is 1.